The number of benzene rings is 2. The highest BCUT2D eigenvalue weighted by Crippen LogP contribution is 2.42. The van der Waals surface area contributed by atoms with Crippen molar-refractivity contribution >= 4 is 40.4 Å². The van der Waals surface area contributed by atoms with E-state index in [0.29, 0.717) is 18.4 Å². The van der Waals surface area contributed by atoms with Gasteiger partial charge in [-0.15, -0.1) is 0 Å². The van der Waals surface area contributed by atoms with Gasteiger partial charge < -0.3 is 19.3 Å². The molecule has 0 bridgehead atoms. The van der Waals surface area contributed by atoms with E-state index < -0.39 is 5.97 Å². The number of hydrogen-bond acceptors (Lipinski definition) is 6. The predicted octanol–water partition coefficient (Wildman–Crippen LogP) is 5.40. The van der Waals surface area contributed by atoms with Crippen LogP contribution >= 0.6 is 0 Å². The Kier molecular flexibility index (Phi) is 6.50. The first-order chi connectivity index (χ1) is 17.8. The highest BCUT2D eigenvalue weighted by Gasteiger charge is 2.34. The lowest BCUT2D eigenvalue weighted by molar-refractivity contribution is -0.143. The second-order valence-corrected chi connectivity index (χ2v) is 10.0. The molecule has 2 aliphatic rings. The number of fused-ring (bicyclic) bond motifs is 3. The van der Waals surface area contributed by atoms with Crippen LogP contribution in [0.4, 0.5) is 22.1 Å². The summed E-state index contributed by atoms with van der Waals surface area (Å²) in [4.78, 5) is 33.1. The SMILES string of the molecule is COC(=O)N1c2ccc3c(nc(N(C)c4ccc(C#N)cc4)n3C3CCC(C(=O)O)CC3)c2CC[C@@H]1C. The number of hydrogen-bond donors (Lipinski definition) is 1. The van der Waals surface area contributed by atoms with Gasteiger partial charge in [0.2, 0.25) is 5.95 Å². The highest BCUT2D eigenvalue weighted by atomic mass is 16.5. The Balaban J connectivity index is 1.65. The molecular weight excluding hydrogens is 470 g/mol. The van der Waals surface area contributed by atoms with Gasteiger partial charge in [0.05, 0.1) is 41.4 Å². The molecule has 1 aliphatic heterocycles. The molecule has 1 amide bonds. The fourth-order valence-electron chi connectivity index (χ4n) is 5.82. The molecule has 5 rings (SSSR count). The summed E-state index contributed by atoms with van der Waals surface area (Å²) in [6.07, 6.45) is 3.96. The molecule has 2 heterocycles. The summed E-state index contributed by atoms with van der Waals surface area (Å²) in [7, 11) is 3.35. The first-order valence-corrected chi connectivity index (χ1v) is 12.7. The third-order valence-electron chi connectivity index (χ3n) is 7.90. The molecule has 0 saturated heterocycles. The minimum absolute atomic E-state index is 0.0200. The first-order valence-electron chi connectivity index (χ1n) is 12.7. The molecule has 0 unspecified atom stereocenters. The lowest BCUT2D eigenvalue weighted by Gasteiger charge is -2.34. The molecular formula is C28H31N5O4. The van der Waals surface area contributed by atoms with Crippen LogP contribution in [0.25, 0.3) is 11.0 Å². The Morgan fingerprint density at radius 2 is 1.81 bits per heavy atom. The van der Waals surface area contributed by atoms with Crippen molar-refractivity contribution in [3.8, 4) is 6.07 Å². The standard InChI is InChI=1S/C28H31N5O4/c1-17-4-13-22-23(32(17)28(36)37-3)14-15-24-25(22)30-27(31(2)20-9-5-18(16-29)6-10-20)33(24)21-11-7-19(8-12-21)26(34)35/h5-6,9-10,14-15,17,19,21H,4,7-8,11-13H2,1-3H3,(H,34,35)/t17-,19?,21?/m0/s1. The average Bonchev–Trinajstić information content (AvgIpc) is 3.32. The second-order valence-electron chi connectivity index (χ2n) is 10.0. The zero-order valence-electron chi connectivity index (χ0n) is 21.3. The molecule has 3 aromatic rings. The van der Waals surface area contributed by atoms with Gasteiger partial charge in [-0.25, -0.2) is 9.78 Å². The van der Waals surface area contributed by atoms with Crippen LogP contribution in [0.5, 0.6) is 0 Å². The summed E-state index contributed by atoms with van der Waals surface area (Å²) in [6, 6.07) is 13.7. The molecule has 9 heteroatoms. The number of ether oxygens (including phenoxy) is 1. The molecule has 1 N–H and O–H groups in total. The van der Waals surface area contributed by atoms with E-state index in [1.54, 1.807) is 17.0 Å². The maximum Gasteiger partial charge on any atom is 0.414 e. The van der Waals surface area contributed by atoms with Crippen LogP contribution in [-0.2, 0) is 16.0 Å². The summed E-state index contributed by atoms with van der Waals surface area (Å²) >= 11 is 0. The number of rotatable bonds is 4. The molecule has 2 aromatic carbocycles. The average molecular weight is 502 g/mol. The minimum atomic E-state index is -0.727. The summed E-state index contributed by atoms with van der Waals surface area (Å²) < 4.78 is 7.32. The number of carbonyl (C=O) groups is 2. The number of methoxy groups -OCH3 is 1. The third kappa shape index (κ3) is 4.26. The van der Waals surface area contributed by atoms with E-state index in [-0.39, 0.29) is 24.1 Å². The fraction of sp³-hybridized carbons (Fsp3) is 0.429. The molecule has 37 heavy (non-hydrogen) atoms. The summed E-state index contributed by atoms with van der Waals surface area (Å²) in [5, 5.41) is 18.7. The first kappa shape index (κ1) is 24.6. The van der Waals surface area contributed by atoms with E-state index in [0.717, 1.165) is 59.6 Å². The Morgan fingerprint density at radius 1 is 1.11 bits per heavy atom. The maximum absolute atomic E-state index is 12.6. The number of amides is 1. The van der Waals surface area contributed by atoms with E-state index in [2.05, 4.69) is 10.6 Å². The molecule has 1 fully saturated rings. The van der Waals surface area contributed by atoms with Crippen molar-refractivity contribution in [1.29, 1.82) is 5.26 Å². The smallest absolute Gasteiger partial charge is 0.414 e. The van der Waals surface area contributed by atoms with Crippen LogP contribution in [0.3, 0.4) is 0 Å². The molecule has 0 spiro atoms. The third-order valence-corrected chi connectivity index (χ3v) is 7.90. The summed E-state index contributed by atoms with van der Waals surface area (Å²) in [5.74, 6) is -0.279. The van der Waals surface area contributed by atoms with Crippen molar-refractivity contribution in [2.45, 2.75) is 57.5 Å². The van der Waals surface area contributed by atoms with Crippen molar-refractivity contribution in [1.82, 2.24) is 9.55 Å². The monoisotopic (exact) mass is 501 g/mol. The molecule has 9 nitrogen and oxygen atoms in total. The quantitative estimate of drug-likeness (QED) is 0.509. The summed E-state index contributed by atoms with van der Waals surface area (Å²) in [5.41, 5.74) is 5.16. The Hall–Kier alpha value is -4.06. The maximum atomic E-state index is 12.6. The Morgan fingerprint density at radius 3 is 2.43 bits per heavy atom. The lowest BCUT2D eigenvalue weighted by atomic mass is 9.86. The van der Waals surface area contributed by atoms with Crippen LogP contribution in [0.2, 0.25) is 0 Å². The van der Waals surface area contributed by atoms with Gasteiger partial charge in [-0.05, 0) is 81.8 Å². The van der Waals surface area contributed by atoms with Gasteiger partial charge in [-0.2, -0.15) is 5.26 Å². The largest absolute Gasteiger partial charge is 0.481 e. The topological polar surface area (TPSA) is 112 Å². The van der Waals surface area contributed by atoms with E-state index in [4.69, 9.17) is 9.72 Å². The predicted molar refractivity (Wildman–Crippen MR) is 140 cm³/mol. The number of carbonyl (C=O) groups excluding carboxylic acids is 1. The number of aryl methyl sites for hydroxylation is 1. The molecule has 1 atom stereocenters. The zero-order chi connectivity index (χ0) is 26.3. The minimum Gasteiger partial charge on any atom is -0.481 e. The van der Waals surface area contributed by atoms with E-state index in [1.165, 1.54) is 7.11 Å². The number of aromatic nitrogens is 2. The van der Waals surface area contributed by atoms with Gasteiger partial charge in [-0.1, -0.05) is 0 Å². The van der Waals surface area contributed by atoms with Crippen molar-refractivity contribution < 1.29 is 19.4 Å². The van der Waals surface area contributed by atoms with Crippen molar-refractivity contribution in [2.75, 3.05) is 24.0 Å². The summed E-state index contributed by atoms with van der Waals surface area (Å²) in [6.45, 7) is 2.02. The van der Waals surface area contributed by atoms with E-state index in [1.807, 2.05) is 43.1 Å². The molecule has 1 aromatic heterocycles. The van der Waals surface area contributed by atoms with E-state index in [9.17, 15) is 20.0 Å². The van der Waals surface area contributed by atoms with Crippen molar-refractivity contribution in [2.24, 2.45) is 5.92 Å². The van der Waals surface area contributed by atoms with Crippen molar-refractivity contribution in [3.05, 3.63) is 47.5 Å². The van der Waals surface area contributed by atoms with Gasteiger partial charge in [0.1, 0.15) is 0 Å². The number of nitrogens with zero attached hydrogens (tertiary/aromatic N) is 5. The van der Waals surface area contributed by atoms with Crippen LogP contribution in [-0.4, -0.2) is 46.9 Å². The highest BCUT2D eigenvalue weighted by molar-refractivity contribution is 5.96. The number of aliphatic carboxylic acids is 1. The van der Waals surface area contributed by atoms with Gasteiger partial charge in [0.15, 0.2) is 0 Å². The molecule has 192 valence electrons. The number of nitriles is 1. The van der Waals surface area contributed by atoms with Crippen LogP contribution in [0, 0.1) is 17.2 Å². The Bertz CT molecular complexity index is 1380. The van der Waals surface area contributed by atoms with Gasteiger partial charge in [0.25, 0.3) is 0 Å². The Labute approximate surface area is 215 Å². The zero-order valence-corrected chi connectivity index (χ0v) is 21.3. The van der Waals surface area contributed by atoms with Gasteiger partial charge in [-0.3, -0.25) is 9.69 Å². The number of carboxylic acids is 1. The number of imidazole rings is 1. The number of carboxylic acid groups (broad SMARTS) is 1. The van der Waals surface area contributed by atoms with E-state index >= 15 is 0 Å². The van der Waals surface area contributed by atoms with Crippen molar-refractivity contribution in [3.63, 3.8) is 0 Å². The van der Waals surface area contributed by atoms with Crippen LogP contribution < -0.4 is 9.80 Å². The number of anilines is 3. The lowest BCUT2D eigenvalue weighted by Crippen LogP contribution is -2.42. The molecule has 0 radical (unpaired) electrons. The van der Waals surface area contributed by atoms with Gasteiger partial charge >= 0.3 is 12.1 Å². The van der Waals surface area contributed by atoms with Crippen LogP contribution in [0.15, 0.2) is 36.4 Å². The fourth-order valence-corrected chi connectivity index (χ4v) is 5.82. The second kappa shape index (κ2) is 9.77. The normalized spacial score (nSPS) is 21.2. The molecule has 1 saturated carbocycles. The van der Waals surface area contributed by atoms with Crippen LogP contribution in [0.1, 0.15) is 56.2 Å². The molecule has 1 aliphatic carbocycles. The van der Waals surface area contributed by atoms with Gasteiger partial charge in [0, 0.05) is 30.4 Å².